The Morgan fingerprint density at radius 2 is 2.00 bits per heavy atom. The number of nitrogens with zero attached hydrogens (tertiary/aromatic N) is 1. The highest BCUT2D eigenvalue weighted by atomic mass is 32.2. The van der Waals surface area contributed by atoms with E-state index in [-0.39, 0.29) is 30.4 Å². The lowest BCUT2D eigenvalue weighted by Gasteiger charge is -2.34. The van der Waals surface area contributed by atoms with Crippen LogP contribution in [0.25, 0.3) is 0 Å². The molecule has 0 saturated carbocycles. The van der Waals surface area contributed by atoms with Gasteiger partial charge in [-0.15, -0.1) is 0 Å². The van der Waals surface area contributed by atoms with E-state index in [1.54, 1.807) is 0 Å². The topological polar surface area (TPSA) is 80.8 Å². The van der Waals surface area contributed by atoms with Crippen molar-refractivity contribution < 1.29 is 22.7 Å². The molecule has 6 nitrogen and oxygen atoms in total. The Bertz CT molecular complexity index is 431. The number of methoxy groups -OCH3 is 1. The predicted molar refractivity (Wildman–Crippen MR) is 70.1 cm³/mol. The number of esters is 1. The predicted octanol–water partition coefficient (Wildman–Crippen LogP) is 0.713. The first-order chi connectivity index (χ1) is 8.86. The van der Waals surface area contributed by atoms with Crippen LogP contribution >= 0.6 is 0 Å². The molecule has 1 saturated heterocycles. The van der Waals surface area contributed by atoms with E-state index in [2.05, 4.69) is 4.74 Å². The first-order valence-corrected chi connectivity index (χ1v) is 8.03. The van der Waals surface area contributed by atoms with Crippen LogP contribution in [0.3, 0.4) is 0 Å². The second kappa shape index (κ2) is 7.00. The van der Waals surface area contributed by atoms with E-state index < -0.39 is 16.0 Å². The van der Waals surface area contributed by atoms with Crippen LogP contribution in [-0.2, 0) is 24.3 Å². The molecule has 0 radical (unpaired) electrons. The van der Waals surface area contributed by atoms with Gasteiger partial charge in [0, 0.05) is 19.0 Å². The van der Waals surface area contributed by atoms with Crippen LogP contribution in [0.2, 0.25) is 0 Å². The third kappa shape index (κ3) is 4.91. The van der Waals surface area contributed by atoms with E-state index in [0.717, 1.165) is 12.8 Å². The lowest BCUT2D eigenvalue weighted by Crippen LogP contribution is -2.45. The number of sulfonamides is 1. The average Bonchev–Trinajstić information content (AvgIpc) is 2.35. The molecular weight excluding hydrogens is 270 g/mol. The van der Waals surface area contributed by atoms with Gasteiger partial charge < -0.3 is 4.74 Å². The Hall–Kier alpha value is -0.950. The molecule has 0 aromatic rings. The Morgan fingerprint density at radius 1 is 1.32 bits per heavy atom. The minimum atomic E-state index is -3.50. The number of rotatable bonds is 6. The molecule has 110 valence electrons. The summed E-state index contributed by atoms with van der Waals surface area (Å²) in [5, 5.41) is 0. The van der Waals surface area contributed by atoms with E-state index in [4.69, 9.17) is 0 Å². The highest BCUT2D eigenvalue weighted by Gasteiger charge is 2.32. The second-order valence-electron chi connectivity index (χ2n) is 4.81. The van der Waals surface area contributed by atoms with Crippen molar-refractivity contribution in [2.24, 2.45) is 0 Å². The number of hydrogen-bond acceptors (Lipinski definition) is 5. The van der Waals surface area contributed by atoms with E-state index in [9.17, 15) is 18.0 Å². The van der Waals surface area contributed by atoms with Gasteiger partial charge in [0.15, 0.2) is 0 Å². The van der Waals surface area contributed by atoms with Gasteiger partial charge in [0.05, 0.1) is 19.3 Å². The van der Waals surface area contributed by atoms with E-state index in [0.29, 0.717) is 13.0 Å². The van der Waals surface area contributed by atoms with Crippen molar-refractivity contribution in [3.05, 3.63) is 0 Å². The van der Waals surface area contributed by atoms with Crippen molar-refractivity contribution in [1.82, 2.24) is 4.31 Å². The third-order valence-corrected chi connectivity index (χ3v) is 5.16. The van der Waals surface area contributed by atoms with Gasteiger partial charge in [-0.05, 0) is 19.8 Å². The van der Waals surface area contributed by atoms with Crippen LogP contribution in [0.1, 0.15) is 39.0 Å². The summed E-state index contributed by atoms with van der Waals surface area (Å²) in [5.41, 5.74) is 0. The molecule has 1 unspecified atom stereocenters. The Balaban J connectivity index is 2.72. The number of hydrogen-bond donors (Lipinski definition) is 0. The maximum Gasteiger partial charge on any atom is 0.306 e. The van der Waals surface area contributed by atoms with Gasteiger partial charge in [0.1, 0.15) is 5.78 Å². The van der Waals surface area contributed by atoms with Crippen LogP contribution in [0.4, 0.5) is 0 Å². The molecule has 19 heavy (non-hydrogen) atoms. The standard InChI is InChI=1S/C12H21NO5S/c1-10(14)9-11-5-3-4-7-13(11)19(16,17)8-6-12(15)18-2/h11H,3-9H2,1-2H3. The average molecular weight is 291 g/mol. The van der Waals surface area contributed by atoms with Crippen molar-refractivity contribution in [2.75, 3.05) is 19.4 Å². The van der Waals surface area contributed by atoms with Crippen LogP contribution < -0.4 is 0 Å². The van der Waals surface area contributed by atoms with Gasteiger partial charge in [0.25, 0.3) is 0 Å². The van der Waals surface area contributed by atoms with E-state index >= 15 is 0 Å². The van der Waals surface area contributed by atoms with Gasteiger partial charge in [-0.2, -0.15) is 4.31 Å². The molecule has 1 heterocycles. The summed E-state index contributed by atoms with van der Waals surface area (Å²) in [5.74, 6) is -0.808. The molecule has 1 fully saturated rings. The molecule has 0 aliphatic carbocycles. The number of Topliss-reactive ketones (excluding diaryl/α,β-unsaturated/α-hetero) is 1. The lowest BCUT2D eigenvalue weighted by molar-refractivity contribution is -0.140. The zero-order valence-corrected chi connectivity index (χ0v) is 12.2. The largest absolute Gasteiger partial charge is 0.469 e. The number of ether oxygens (including phenoxy) is 1. The summed E-state index contributed by atoms with van der Waals surface area (Å²) < 4.78 is 30.2. The summed E-state index contributed by atoms with van der Waals surface area (Å²) in [7, 11) is -2.27. The van der Waals surface area contributed by atoms with Crippen molar-refractivity contribution in [3.63, 3.8) is 0 Å². The molecular formula is C12H21NO5S. The molecule has 1 aliphatic rings. The fourth-order valence-corrected chi connectivity index (χ4v) is 4.01. The third-order valence-electron chi connectivity index (χ3n) is 3.25. The minimum absolute atomic E-state index is 0.0138. The zero-order valence-electron chi connectivity index (χ0n) is 11.4. The maximum atomic E-state index is 12.2. The molecule has 0 spiro atoms. The molecule has 1 aliphatic heterocycles. The highest BCUT2D eigenvalue weighted by molar-refractivity contribution is 7.89. The lowest BCUT2D eigenvalue weighted by atomic mass is 10.0. The molecule has 0 amide bonds. The highest BCUT2D eigenvalue weighted by Crippen LogP contribution is 2.23. The first-order valence-electron chi connectivity index (χ1n) is 6.42. The Labute approximate surface area is 114 Å². The van der Waals surface area contributed by atoms with Crippen molar-refractivity contribution >= 4 is 21.8 Å². The van der Waals surface area contributed by atoms with Crippen molar-refractivity contribution in [3.8, 4) is 0 Å². The van der Waals surface area contributed by atoms with Gasteiger partial charge in [-0.3, -0.25) is 9.59 Å². The van der Waals surface area contributed by atoms with Crippen LogP contribution in [0.15, 0.2) is 0 Å². The van der Waals surface area contributed by atoms with Crippen LogP contribution in [-0.4, -0.2) is 49.9 Å². The van der Waals surface area contributed by atoms with Gasteiger partial charge in [-0.25, -0.2) is 8.42 Å². The summed E-state index contributed by atoms with van der Waals surface area (Å²) in [6.07, 6.45) is 2.53. The van der Waals surface area contributed by atoms with Gasteiger partial charge >= 0.3 is 5.97 Å². The monoisotopic (exact) mass is 291 g/mol. The second-order valence-corrected chi connectivity index (χ2v) is 6.85. The summed E-state index contributed by atoms with van der Waals surface area (Å²) in [6.45, 7) is 1.90. The summed E-state index contributed by atoms with van der Waals surface area (Å²) in [4.78, 5) is 22.2. The molecule has 0 N–H and O–H groups in total. The smallest absolute Gasteiger partial charge is 0.306 e. The fraction of sp³-hybridized carbons (Fsp3) is 0.833. The van der Waals surface area contributed by atoms with Gasteiger partial charge in [-0.1, -0.05) is 6.42 Å². The Kier molecular flexibility index (Phi) is 5.93. The number of carbonyl (C=O) groups is 2. The quantitative estimate of drug-likeness (QED) is 0.673. The fourth-order valence-electron chi connectivity index (χ4n) is 2.31. The normalized spacial score (nSPS) is 21.1. The number of ketones is 1. The van der Waals surface area contributed by atoms with E-state index in [1.165, 1.54) is 18.3 Å². The molecule has 0 bridgehead atoms. The maximum absolute atomic E-state index is 12.2. The molecule has 0 aromatic heterocycles. The van der Waals surface area contributed by atoms with Crippen molar-refractivity contribution in [2.45, 2.75) is 45.1 Å². The molecule has 7 heteroatoms. The number of carbonyl (C=O) groups excluding carboxylic acids is 2. The molecule has 1 rings (SSSR count). The van der Waals surface area contributed by atoms with Gasteiger partial charge in [0.2, 0.25) is 10.0 Å². The van der Waals surface area contributed by atoms with Crippen LogP contribution in [0.5, 0.6) is 0 Å². The number of piperidine rings is 1. The minimum Gasteiger partial charge on any atom is -0.469 e. The Morgan fingerprint density at radius 3 is 2.58 bits per heavy atom. The first kappa shape index (κ1) is 16.1. The van der Waals surface area contributed by atoms with E-state index in [1.807, 2.05) is 0 Å². The van der Waals surface area contributed by atoms with Crippen molar-refractivity contribution in [1.29, 1.82) is 0 Å². The summed E-state index contributed by atoms with van der Waals surface area (Å²) >= 11 is 0. The SMILES string of the molecule is COC(=O)CCS(=O)(=O)N1CCCCC1CC(C)=O. The van der Waals surface area contributed by atoms with Crippen LogP contribution in [0, 0.1) is 0 Å². The molecule has 1 atom stereocenters. The summed E-state index contributed by atoms with van der Waals surface area (Å²) in [6, 6.07) is -0.256. The molecule has 0 aromatic carbocycles. The zero-order chi connectivity index (χ0) is 14.5.